The number of anilines is 1. The van der Waals surface area contributed by atoms with E-state index in [-0.39, 0.29) is 5.75 Å². The predicted molar refractivity (Wildman–Crippen MR) is 79.3 cm³/mol. The van der Waals surface area contributed by atoms with Crippen molar-refractivity contribution in [2.75, 3.05) is 5.32 Å². The molecule has 0 aliphatic carbocycles. The molecule has 5 heteroatoms. The normalized spacial score (nSPS) is 10.7. The summed E-state index contributed by atoms with van der Waals surface area (Å²) in [5, 5.41) is 3.28. The molecule has 0 saturated carbocycles. The minimum absolute atomic E-state index is 0.170. The van der Waals surface area contributed by atoms with Crippen molar-refractivity contribution in [3.8, 4) is 5.75 Å². The van der Waals surface area contributed by atoms with E-state index in [4.69, 9.17) is 0 Å². The van der Waals surface area contributed by atoms with Crippen molar-refractivity contribution >= 4 is 21.6 Å². The van der Waals surface area contributed by atoms with Gasteiger partial charge >= 0.3 is 6.61 Å². The van der Waals surface area contributed by atoms with Gasteiger partial charge in [0.05, 0.1) is 0 Å². The second-order valence-electron chi connectivity index (χ2n) is 4.34. The first kappa shape index (κ1) is 14.8. The maximum absolute atomic E-state index is 12.0. The number of hydrogen-bond donors (Lipinski definition) is 1. The van der Waals surface area contributed by atoms with Crippen LogP contribution < -0.4 is 10.1 Å². The summed E-state index contributed by atoms with van der Waals surface area (Å²) in [6.07, 6.45) is 0. The number of rotatable bonds is 5. The highest BCUT2D eigenvalue weighted by Crippen LogP contribution is 2.21. The number of hydrogen-bond acceptors (Lipinski definition) is 2. The van der Waals surface area contributed by atoms with E-state index in [1.807, 2.05) is 25.1 Å². The van der Waals surface area contributed by atoms with Crippen molar-refractivity contribution < 1.29 is 13.5 Å². The molecule has 0 aliphatic heterocycles. The topological polar surface area (TPSA) is 21.3 Å². The van der Waals surface area contributed by atoms with Crippen LogP contribution >= 0.6 is 15.9 Å². The van der Waals surface area contributed by atoms with Crippen LogP contribution in [0.25, 0.3) is 0 Å². The van der Waals surface area contributed by atoms with Gasteiger partial charge in [-0.05, 0) is 48.4 Å². The summed E-state index contributed by atoms with van der Waals surface area (Å²) in [7, 11) is 0. The van der Waals surface area contributed by atoms with Gasteiger partial charge in [0, 0.05) is 16.7 Å². The lowest BCUT2D eigenvalue weighted by Gasteiger charge is -2.09. The zero-order valence-electron chi connectivity index (χ0n) is 10.9. The lowest BCUT2D eigenvalue weighted by Crippen LogP contribution is -2.03. The SMILES string of the molecule is Cc1cc(NCc2ccc(OC(F)F)cc2)ccc1Br. The molecule has 0 amide bonds. The van der Waals surface area contributed by atoms with Crippen LogP contribution in [0.4, 0.5) is 14.5 Å². The Balaban J connectivity index is 1.95. The molecule has 2 aromatic rings. The fraction of sp³-hybridized carbons (Fsp3) is 0.200. The van der Waals surface area contributed by atoms with E-state index >= 15 is 0 Å². The Kier molecular flexibility index (Phi) is 4.95. The molecule has 2 nitrogen and oxygen atoms in total. The van der Waals surface area contributed by atoms with E-state index in [1.165, 1.54) is 12.1 Å². The molecule has 0 spiro atoms. The molecule has 0 saturated heterocycles. The maximum Gasteiger partial charge on any atom is 0.387 e. The number of ether oxygens (including phenoxy) is 1. The molecular formula is C15H14BrF2NO. The van der Waals surface area contributed by atoms with E-state index in [0.717, 1.165) is 21.3 Å². The number of nitrogens with one attached hydrogen (secondary N) is 1. The molecular weight excluding hydrogens is 328 g/mol. The van der Waals surface area contributed by atoms with Crippen LogP contribution in [-0.2, 0) is 6.54 Å². The van der Waals surface area contributed by atoms with Crippen LogP contribution in [0.2, 0.25) is 0 Å². The largest absolute Gasteiger partial charge is 0.435 e. The van der Waals surface area contributed by atoms with E-state index in [9.17, 15) is 8.78 Å². The van der Waals surface area contributed by atoms with Gasteiger partial charge in [-0.25, -0.2) is 0 Å². The minimum atomic E-state index is -2.79. The molecule has 0 heterocycles. The molecule has 20 heavy (non-hydrogen) atoms. The maximum atomic E-state index is 12.0. The fourth-order valence-corrected chi connectivity index (χ4v) is 1.99. The van der Waals surface area contributed by atoms with Crippen LogP contribution in [-0.4, -0.2) is 6.61 Å². The average molecular weight is 342 g/mol. The quantitative estimate of drug-likeness (QED) is 0.828. The van der Waals surface area contributed by atoms with E-state index in [0.29, 0.717) is 6.54 Å². The Morgan fingerprint density at radius 3 is 2.45 bits per heavy atom. The molecule has 0 fully saturated rings. The second-order valence-corrected chi connectivity index (χ2v) is 5.19. The summed E-state index contributed by atoms with van der Waals surface area (Å²) in [4.78, 5) is 0. The fourth-order valence-electron chi connectivity index (χ4n) is 1.75. The lowest BCUT2D eigenvalue weighted by atomic mass is 10.2. The minimum Gasteiger partial charge on any atom is -0.435 e. The van der Waals surface area contributed by atoms with E-state index < -0.39 is 6.61 Å². The first-order valence-electron chi connectivity index (χ1n) is 6.08. The first-order valence-corrected chi connectivity index (χ1v) is 6.87. The smallest absolute Gasteiger partial charge is 0.387 e. The monoisotopic (exact) mass is 341 g/mol. The third-order valence-corrected chi connectivity index (χ3v) is 3.69. The molecule has 0 atom stereocenters. The predicted octanol–water partition coefficient (Wildman–Crippen LogP) is 4.97. The standard InChI is InChI=1S/C15H14BrF2NO/c1-10-8-12(4-7-14(10)16)19-9-11-2-5-13(6-3-11)20-15(17)18/h2-8,15,19H,9H2,1H3. The van der Waals surface area contributed by atoms with Crippen molar-refractivity contribution in [2.24, 2.45) is 0 Å². The van der Waals surface area contributed by atoms with E-state index in [1.54, 1.807) is 12.1 Å². The van der Waals surface area contributed by atoms with Gasteiger partial charge in [-0.15, -0.1) is 0 Å². The molecule has 0 aliphatic rings. The molecule has 1 N–H and O–H groups in total. The van der Waals surface area contributed by atoms with Gasteiger partial charge in [-0.2, -0.15) is 8.78 Å². The summed E-state index contributed by atoms with van der Waals surface area (Å²) < 4.78 is 29.4. The zero-order chi connectivity index (χ0) is 14.5. The van der Waals surface area contributed by atoms with Crippen LogP contribution in [0.1, 0.15) is 11.1 Å². The third kappa shape index (κ3) is 4.20. The molecule has 0 unspecified atom stereocenters. The molecule has 0 bridgehead atoms. The Morgan fingerprint density at radius 2 is 1.85 bits per heavy atom. The van der Waals surface area contributed by atoms with Crippen molar-refractivity contribution in [1.82, 2.24) is 0 Å². The first-order chi connectivity index (χ1) is 9.54. The Bertz CT molecular complexity index is 573. The van der Waals surface area contributed by atoms with Crippen LogP contribution in [0.3, 0.4) is 0 Å². The highest BCUT2D eigenvalue weighted by Gasteiger charge is 2.03. The van der Waals surface area contributed by atoms with Gasteiger partial charge in [0.15, 0.2) is 0 Å². The van der Waals surface area contributed by atoms with Gasteiger partial charge < -0.3 is 10.1 Å². The van der Waals surface area contributed by atoms with Gasteiger partial charge in [0.1, 0.15) is 5.75 Å². The Labute approximate surface area is 124 Å². The van der Waals surface area contributed by atoms with Crippen LogP contribution in [0, 0.1) is 6.92 Å². The van der Waals surface area contributed by atoms with Gasteiger partial charge in [-0.3, -0.25) is 0 Å². The van der Waals surface area contributed by atoms with Crippen molar-refractivity contribution in [3.05, 3.63) is 58.1 Å². The summed E-state index contributed by atoms with van der Waals surface area (Å²) in [5.41, 5.74) is 3.15. The molecule has 0 radical (unpaired) electrons. The van der Waals surface area contributed by atoms with Crippen molar-refractivity contribution in [3.63, 3.8) is 0 Å². The summed E-state index contributed by atoms with van der Waals surface area (Å²) >= 11 is 3.45. The van der Waals surface area contributed by atoms with Gasteiger partial charge in [0.25, 0.3) is 0 Å². The Morgan fingerprint density at radius 1 is 1.15 bits per heavy atom. The van der Waals surface area contributed by atoms with Gasteiger partial charge in [0.2, 0.25) is 0 Å². The summed E-state index contributed by atoms with van der Waals surface area (Å²) in [5.74, 6) is 0.170. The second kappa shape index (κ2) is 6.70. The molecule has 0 aromatic heterocycles. The van der Waals surface area contributed by atoms with Crippen molar-refractivity contribution in [1.29, 1.82) is 0 Å². The summed E-state index contributed by atoms with van der Waals surface area (Å²) in [6, 6.07) is 12.6. The zero-order valence-corrected chi connectivity index (χ0v) is 12.5. The lowest BCUT2D eigenvalue weighted by molar-refractivity contribution is -0.0498. The van der Waals surface area contributed by atoms with Crippen LogP contribution in [0.15, 0.2) is 46.9 Å². The van der Waals surface area contributed by atoms with Crippen LogP contribution in [0.5, 0.6) is 5.75 Å². The third-order valence-electron chi connectivity index (χ3n) is 2.80. The van der Waals surface area contributed by atoms with Gasteiger partial charge in [-0.1, -0.05) is 28.1 Å². The highest BCUT2D eigenvalue weighted by molar-refractivity contribution is 9.10. The molecule has 2 aromatic carbocycles. The summed E-state index contributed by atoms with van der Waals surface area (Å²) in [6.45, 7) is -0.147. The highest BCUT2D eigenvalue weighted by atomic mass is 79.9. The number of halogens is 3. The Hall–Kier alpha value is -1.62. The number of alkyl halides is 2. The molecule has 2 rings (SSSR count). The van der Waals surface area contributed by atoms with Crippen molar-refractivity contribution in [2.45, 2.75) is 20.1 Å². The van der Waals surface area contributed by atoms with E-state index in [2.05, 4.69) is 26.0 Å². The number of aryl methyl sites for hydroxylation is 1. The number of benzene rings is 2. The average Bonchev–Trinajstić information content (AvgIpc) is 2.41. The molecule has 106 valence electrons.